The summed E-state index contributed by atoms with van der Waals surface area (Å²) in [6, 6.07) is 0. The van der Waals surface area contributed by atoms with Crippen LogP contribution < -0.4 is 0 Å². The third-order valence-electron chi connectivity index (χ3n) is 2.84. The van der Waals surface area contributed by atoms with Crippen LogP contribution in [0.5, 0.6) is 0 Å². The topological polar surface area (TPSA) is 20.2 Å². The van der Waals surface area contributed by atoms with Crippen LogP contribution in [0, 0.1) is 11.8 Å². The van der Waals surface area contributed by atoms with E-state index in [2.05, 4.69) is 13.5 Å². The molecule has 64 valence electrons. The summed E-state index contributed by atoms with van der Waals surface area (Å²) in [5.74, 6) is 1.16. The second-order valence-electron chi connectivity index (χ2n) is 3.86. The molecule has 0 amide bonds. The van der Waals surface area contributed by atoms with Gasteiger partial charge in [0.2, 0.25) is 0 Å². The van der Waals surface area contributed by atoms with Gasteiger partial charge < -0.3 is 5.11 Å². The highest BCUT2D eigenvalue weighted by molar-refractivity contribution is 5.01. The molecule has 1 aliphatic rings. The molecule has 11 heavy (non-hydrogen) atoms. The van der Waals surface area contributed by atoms with Gasteiger partial charge in [-0.25, -0.2) is 0 Å². The molecule has 1 saturated carbocycles. The minimum Gasteiger partial charge on any atom is -0.388 e. The van der Waals surface area contributed by atoms with Crippen LogP contribution in [0.2, 0.25) is 0 Å². The fraction of sp³-hybridized carbons (Fsp3) is 0.800. The Hall–Kier alpha value is -0.300. The molecule has 0 saturated heterocycles. The third kappa shape index (κ3) is 1.84. The average Bonchev–Trinajstić information content (AvgIpc) is 2.33. The van der Waals surface area contributed by atoms with E-state index in [0.29, 0.717) is 11.8 Å². The molecule has 0 aromatic heterocycles. The summed E-state index contributed by atoms with van der Waals surface area (Å²) < 4.78 is 0. The molecule has 1 heteroatoms. The number of hydrogen-bond acceptors (Lipinski definition) is 1. The van der Waals surface area contributed by atoms with Gasteiger partial charge in [0, 0.05) is 0 Å². The summed E-state index contributed by atoms with van der Waals surface area (Å²) in [4.78, 5) is 0. The Morgan fingerprint density at radius 2 is 2.18 bits per heavy atom. The highest BCUT2D eigenvalue weighted by Crippen LogP contribution is 2.35. The Labute approximate surface area is 69.1 Å². The first-order valence-electron chi connectivity index (χ1n) is 4.46. The Balaban J connectivity index is 2.52. The molecule has 1 rings (SSSR count). The first-order chi connectivity index (χ1) is 5.13. The molecule has 3 atom stereocenters. The quantitative estimate of drug-likeness (QED) is 0.605. The Kier molecular flexibility index (Phi) is 2.72. The molecule has 0 radical (unpaired) electrons. The largest absolute Gasteiger partial charge is 0.388 e. The molecular weight excluding hydrogens is 136 g/mol. The predicted molar refractivity (Wildman–Crippen MR) is 47.3 cm³/mol. The Morgan fingerprint density at radius 3 is 2.55 bits per heavy atom. The van der Waals surface area contributed by atoms with Crippen molar-refractivity contribution < 1.29 is 5.11 Å². The van der Waals surface area contributed by atoms with Crippen molar-refractivity contribution in [1.82, 2.24) is 0 Å². The summed E-state index contributed by atoms with van der Waals surface area (Å²) in [5.41, 5.74) is 0.920. The van der Waals surface area contributed by atoms with Crippen LogP contribution in [-0.2, 0) is 0 Å². The predicted octanol–water partition coefficient (Wildman–Crippen LogP) is 2.36. The van der Waals surface area contributed by atoms with Crippen molar-refractivity contribution in [2.24, 2.45) is 11.8 Å². The molecule has 3 unspecified atom stereocenters. The summed E-state index contributed by atoms with van der Waals surface area (Å²) in [7, 11) is 0. The van der Waals surface area contributed by atoms with Crippen molar-refractivity contribution >= 4 is 0 Å². The van der Waals surface area contributed by atoms with Crippen LogP contribution in [0.1, 0.15) is 33.1 Å². The summed E-state index contributed by atoms with van der Waals surface area (Å²) in [6.07, 6.45) is 3.47. The fourth-order valence-electron chi connectivity index (χ4n) is 2.01. The van der Waals surface area contributed by atoms with E-state index >= 15 is 0 Å². The molecule has 0 aliphatic heterocycles. The minimum absolute atomic E-state index is 0.257. The third-order valence-corrected chi connectivity index (χ3v) is 2.84. The van der Waals surface area contributed by atoms with E-state index in [9.17, 15) is 5.11 Å². The number of rotatable bonds is 2. The van der Waals surface area contributed by atoms with Gasteiger partial charge in [0.15, 0.2) is 0 Å². The van der Waals surface area contributed by atoms with E-state index < -0.39 is 0 Å². The van der Waals surface area contributed by atoms with Crippen LogP contribution in [0.15, 0.2) is 12.2 Å². The lowest BCUT2D eigenvalue weighted by Crippen LogP contribution is -2.23. The van der Waals surface area contributed by atoms with Crippen LogP contribution in [0.3, 0.4) is 0 Å². The summed E-state index contributed by atoms with van der Waals surface area (Å²) in [5, 5.41) is 9.70. The fourth-order valence-corrected chi connectivity index (χ4v) is 2.01. The van der Waals surface area contributed by atoms with Crippen LogP contribution in [0.4, 0.5) is 0 Å². The average molecular weight is 154 g/mol. The van der Waals surface area contributed by atoms with Gasteiger partial charge in [-0.3, -0.25) is 0 Å². The van der Waals surface area contributed by atoms with E-state index in [1.807, 2.05) is 6.92 Å². The molecule has 1 N–H and O–H groups in total. The molecular formula is C10H18O. The lowest BCUT2D eigenvalue weighted by molar-refractivity contribution is 0.122. The van der Waals surface area contributed by atoms with E-state index in [1.54, 1.807) is 0 Å². The second kappa shape index (κ2) is 3.40. The normalized spacial score (nSPS) is 33.7. The number of aliphatic hydroxyl groups excluding tert-OH is 1. The van der Waals surface area contributed by atoms with Gasteiger partial charge >= 0.3 is 0 Å². The molecule has 1 aliphatic carbocycles. The van der Waals surface area contributed by atoms with Crippen molar-refractivity contribution in [3.63, 3.8) is 0 Å². The van der Waals surface area contributed by atoms with Crippen molar-refractivity contribution in [3.05, 3.63) is 12.2 Å². The van der Waals surface area contributed by atoms with Crippen molar-refractivity contribution in [2.45, 2.75) is 39.2 Å². The highest BCUT2D eigenvalue weighted by atomic mass is 16.3. The van der Waals surface area contributed by atoms with Crippen LogP contribution in [0.25, 0.3) is 0 Å². The van der Waals surface area contributed by atoms with E-state index in [1.165, 1.54) is 19.3 Å². The molecule has 1 nitrogen and oxygen atoms in total. The van der Waals surface area contributed by atoms with Gasteiger partial charge in [-0.2, -0.15) is 0 Å². The van der Waals surface area contributed by atoms with Crippen LogP contribution in [-0.4, -0.2) is 11.2 Å². The maximum atomic E-state index is 9.70. The van der Waals surface area contributed by atoms with Gasteiger partial charge in [-0.15, -0.1) is 0 Å². The van der Waals surface area contributed by atoms with E-state index in [4.69, 9.17) is 0 Å². The summed E-state index contributed by atoms with van der Waals surface area (Å²) >= 11 is 0. The summed E-state index contributed by atoms with van der Waals surface area (Å²) in [6.45, 7) is 7.92. The highest BCUT2D eigenvalue weighted by Gasteiger charge is 2.29. The number of aliphatic hydroxyl groups is 1. The minimum atomic E-state index is -0.257. The Bertz CT molecular complexity index is 151. The van der Waals surface area contributed by atoms with Crippen molar-refractivity contribution in [2.75, 3.05) is 0 Å². The first-order valence-corrected chi connectivity index (χ1v) is 4.46. The monoisotopic (exact) mass is 154 g/mol. The maximum absolute atomic E-state index is 9.70. The second-order valence-corrected chi connectivity index (χ2v) is 3.86. The number of hydrogen-bond donors (Lipinski definition) is 1. The zero-order chi connectivity index (χ0) is 8.43. The lowest BCUT2D eigenvalue weighted by Gasteiger charge is -2.21. The standard InChI is InChI=1S/C10H18O/c1-7(2)10(11)9-6-4-5-8(9)3/h8-11H,1,4-6H2,2-3H3. The van der Waals surface area contributed by atoms with E-state index in [-0.39, 0.29) is 6.10 Å². The molecule has 0 bridgehead atoms. The van der Waals surface area contributed by atoms with Crippen molar-refractivity contribution in [3.8, 4) is 0 Å². The zero-order valence-electron chi connectivity index (χ0n) is 7.51. The Morgan fingerprint density at radius 1 is 1.55 bits per heavy atom. The smallest absolute Gasteiger partial charge is 0.0775 e. The lowest BCUT2D eigenvalue weighted by atomic mass is 9.89. The van der Waals surface area contributed by atoms with Crippen LogP contribution >= 0.6 is 0 Å². The maximum Gasteiger partial charge on any atom is 0.0775 e. The zero-order valence-corrected chi connectivity index (χ0v) is 7.51. The SMILES string of the molecule is C=C(C)C(O)C1CCCC1C. The van der Waals surface area contributed by atoms with Gasteiger partial charge in [-0.05, 0) is 25.2 Å². The molecule has 0 aromatic carbocycles. The first kappa shape index (κ1) is 8.79. The van der Waals surface area contributed by atoms with E-state index in [0.717, 1.165) is 5.57 Å². The molecule has 0 aromatic rings. The van der Waals surface area contributed by atoms with Gasteiger partial charge in [0.05, 0.1) is 6.10 Å². The van der Waals surface area contributed by atoms with Gasteiger partial charge in [0.1, 0.15) is 0 Å². The van der Waals surface area contributed by atoms with Gasteiger partial charge in [-0.1, -0.05) is 31.9 Å². The molecule has 0 heterocycles. The molecule has 1 fully saturated rings. The molecule has 0 spiro atoms. The van der Waals surface area contributed by atoms with Crippen molar-refractivity contribution in [1.29, 1.82) is 0 Å². The van der Waals surface area contributed by atoms with Gasteiger partial charge in [0.25, 0.3) is 0 Å².